The molecule has 5 unspecified atom stereocenters. The van der Waals surface area contributed by atoms with Crippen molar-refractivity contribution in [2.24, 2.45) is 17.8 Å². The standard InChI is InChI=1S/C26H28ClF3N4O5/c27-17-7-14(26(28,29)30)8-18-16(17)9-20(32-18)25(39)34-10-13-2-1-3-15(13)22(34)24(38)33-19(21(36)11-35)6-12-4-5-31-23(12)37/h7-9,12-13,15,19,22,32,35H,1-6,10-11H2,(H,31,37)(H,33,38). The van der Waals surface area contributed by atoms with Gasteiger partial charge in [-0.1, -0.05) is 18.0 Å². The number of nitrogens with one attached hydrogen (secondary N) is 3. The maximum Gasteiger partial charge on any atom is 0.416 e. The van der Waals surface area contributed by atoms with Gasteiger partial charge in [-0.2, -0.15) is 13.2 Å². The van der Waals surface area contributed by atoms with E-state index in [9.17, 15) is 37.5 Å². The Balaban J connectivity index is 1.41. The number of H-pyrrole nitrogens is 1. The van der Waals surface area contributed by atoms with Crippen LogP contribution in [0.5, 0.6) is 0 Å². The van der Waals surface area contributed by atoms with Crippen LogP contribution in [-0.4, -0.2) is 70.3 Å². The van der Waals surface area contributed by atoms with Gasteiger partial charge in [-0.05, 0) is 55.7 Å². The quantitative estimate of drug-likeness (QED) is 0.408. The minimum absolute atomic E-state index is 0.00499. The highest BCUT2D eigenvalue weighted by Gasteiger charge is 2.50. The highest BCUT2D eigenvalue weighted by Crippen LogP contribution is 2.43. The number of benzene rings is 1. The van der Waals surface area contributed by atoms with E-state index in [1.165, 1.54) is 11.0 Å². The van der Waals surface area contributed by atoms with E-state index in [4.69, 9.17) is 11.6 Å². The van der Waals surface area contributed by atoms with Gasteiger partial charge in [0.1, 0.15) is 18.3 Å². The molecule has 210 valence electrons. The number of aliphatic hydroxyl groups is 1. The third-order valence-corrected chi connectivity index (χ3v) is 8.52. The Morgan fingerprint density at radius 3 is 2.62 bits per heavy atom. The number of fused-ring (bicyclic) bond motifs is 2. The van der Waals surface area contributed by atoms with E-state index in [-0.39, 0.29) is 52.3 Å². The molecular weight excluding hydrogens is 541 g/mol. The SMILES string of the molecule is O=C1NCCC1CC(NC(=O)C1C2CCCC2CN1C(=O)c1cc2c(Cl)cc(C(F)(F)F)cc2[nH]1)C(=O)CO. The highest BCUT2D eigenvalue weighted by atomic mass is 35.5. The topological polar surface area (TPSA) is 132 Å². The molecule has 9 nitrogen and oxygen atoms in total. The number of rotatable bonds is 7. The molecule has 2 aliphatic heterocycles. The molecule has 1 aromatic heterocycles. The zero-order valence-corrected chi connectivity index (χ0v) is 21.6. The summed E-state index contributed by atoms with van der Waals surface area (Å²) in [7, 11) is 0. The van der Waals surface area contributed by atoms with Crippen molar-refractivity contribution >= 4 is 46.0 Å². The largest absolute Gasteiger partial charge is 0.416 e. The third kappa shape index (κ3) is 5.23. The van der Waals surface area contributed by atoms with Gasteiger partial charge in [0.15, 0.2) is 5.78 Å². The average Bonchev–Trinajstić information content (AvgIpc) is 3.66. The Hall–Kier alpha value is -3.12. The van der Waals surface area contributed by atoms with E-state index in [2.05, 4.69) is 15.6 Å². The summed E-state index contributed by atoms with van der Waals surface area (Å²) in [5.41, 5.74) is -0.916. The summed E-state index contributed by atoms with van der Waals surface area (Å²) in [5, 5.41) is 14.9. The summed E-state index contributed by atoms with van der Waals surface area (Å²) < 4.78 is 39.8. The Kier molecular flexibility index (Phi) is 7.36. The van der Waals surface area contributed by atoms with Crippen LogP contribution in [0, 0.1) is 17.8 Å². The van der Waals surface area contributed by atoms with Crippen LogP contribution in [0.4, 0.5) is 13.2 Å². The van der Waals surface area contributed by atoms with E-state index < -0.39 is 53.9 Å². The van der Waals surface area contributed by atoms with Crippen LogP contribution >= 0.6 is 11.6 Å². The van der Waals surface area contributed by atoms with E-state index in [0.29, 0.717) is 19.4 Å². The molecule has 3 amide bonds. The molecule has 3 heterocycles. The maximum atomic E-state index is 13.6. The number of nitrogens with zero attached hydrogens (tertiary/aromatic N) is 1. The van der Waals surface area contributed by atoms with Crippen molar-refractivity contribution in [1.82, 2.24) is 20.5 Å². The normalized spacial score (nSPS) is 25.6. The maximum absolute atomic E-state index is 13.6. The fourth-order valence-corrected chi connectivity index (χ4v) is 6.54. The molecule has 4 N–H and O–H groups in total. The molecular formula is C26H28ClF3N4O5. The van der Waals surface area contributed by atoms with E-state index in [0.717, 1.165) is 25.0 Å². The number of likely N-dealkylation sites (tertiary alicyclic amines) is 1. The number of aliphatic hydroxyl groups excluding tert-OH is 1. The van der Waals surface area contributed by atoms with Crippen molar-refractivity contribution in [3.63, 3.8) is 0 Å². The lowest BCUT2D eigenvalue weighted by molar-refractivity contribution is -0.137. The van der Waals surface area contributed by atoms with E-state index in [1.807, 2.05) is 0 Å². The van der Waals surface area contributed by atoms with Crippen molar-refractivity contribution in [3.8, 4) is 0 Å². The van der Waals surface area contributed by atoms with E-state index in [1.54, 1.807) is 0 Å². The number of aromatic nitrogens is 1. The smallest absolute Gasteiger partial charge is 0.389 e. The second-order valence-electron chi connectivity index (χ2n) is 10.6. The lowest BCUT2D eigenvalue weighted by Gasteiger charge is -2.29. The van der Waals surface area contributed by atoms with Gasteiger partial charge in [0.2, 0.25) is 11.8 Å². The summed E-state index contributed by atoms with van der Waals surface area (Å²) in [6, 6.07) is 1.04. The number of aromatic amines is 1. The molecule has 3 fully saturated rings. The molecule has 1 aliphatic carbocycles. The molecule has 5 rings (SSSR count). The van der Waals surface area contributed by atoms with Gasteiger partial charge < -0.3 is 25.6 Å². The van der Waals surface area contributed by atoms with Crippen LogP contribution in [0.25, 0.3) is 10.9 Å². The van der Waals surface area contributed by atoms with Gasteiger partial charge in [0.25, 0.3) is 5.91 Å². The number of ketones is 1. The van der Waals surface area contributed by atoms with Crippen molar-refractivity contribution in [3.05, 3.63) is 34.5 Å². The predicted octanol–water partition coefficient (Wildman–Crippen LogP) is 2.65. The molecule has 1 aromatic carbocycles. The highest BCUT2D eigenvalue weighted by molar-refractivity contribution is 6.35. The zero-order chi connectivity index (χ0) is 28.1. The van der Waals surface area contributed by atoms with Gasteiger partial charge in [-0.15, -0.1) is 0 Å². The molecule has 2 saturated heterocycles. The number of Topliss-reactive ketones (excluding diaryl/α,β-unsaturated/α-hetero) is 1. The number of amides is 3. The van der Waals surface area contributed by atoms with Crippen LogP contribution in [-0.2, 0) is 20.6 Å². The van der Waals surface area contributed by atoms with E-state index >= 15 is 0 Å². The molecule has 5 atom stereocenters. The summed E-state index contributed by atoms with van der Waals surface area (Å²) in [4.78, 5) is 55.9. The summed E-state index contributed by atoms with van der Waals surface area (Å²) in [6.45, 7) is -0.0678. The van der Waals surface area contributed by atoms with Crippen LogP contribution < -0.4 is 10.6 Å². The summed E-state index contributed by atoms with van der Waals surface area (Å²) in [6.07, 6.45) is -1.69. The Morgan fingerprint density at radius 2 is 1.95 bits per heavy atom. The van der Waals surface area contributed by atoms with Crippen molar-refractivity contribution in [2.45, 2.75) is 50.4 Å². The second kappa shape index (κ2) is 10.5. The fraction of sp³-hybridized carbons (Fsp3) is 0.538. The van der Waals surface area contributed by atoms with Gasteiger partial charge in [-0.3, -0.25) is 19.2 Å². The van der Waals surface area contributed by atoms with Gasteiger partial charge >= 0.3 is 6.18 Å². The van der Waals surface area contributed by atoms with Gasteiger partial charge in [0.05, 0.1) is 16.6 Å². The van der Waals surface area contributed by atoms with Crippen molar-refractivity contribution in [1.29, 1.82) is 0 Å². The molecule has 39 heavy (non-hydrogen) atoms. The molecule has 3 aliphatic rings. The number of hydrogen-bond acceptors (Lipinski definition) is 5. The fourth-order valence-electron chi connectivity index (χ4n) is 6.27. The van der Waals surface area contributed by atoms with Gasteiger partial charge in [0, 0.05) is 29.9 Å². The first-order valence-electron chi connectivity index (χ1n) is 12.9. The summed E-state index contributed by atoms with van der Waals surface area (Å²) in [5.74, 6) is -2.56. The molecule has 0 bridgehead atoms. The number of carbonyl (C=O) groups excluding carboxylic acids is 4. The number of halogens is 4. The lowest BCUT2D eigenvalue weighted by Crippen LogP contribution is -2.53. The Morgan fingerprint density at radius 1 is 1.18 bits per heavy atom. The first-order chi connectivity index (χ1) is 18.5. The van der Waals surface area contributed by atoms with Crippen molar-refractivity contribution in [2.75, 3.05) is 19.7 Å². The van der Waals surface area contributed by atoms with Crippen molar-refractivity contribution < 1.29 is 37.5 Å². The minimum atomic E-state index is -4.62. The number of alkyl halides is 3. The first-order valence-corrected chi connectivity index (χ1v) is 13.3. The molecule has 0 spiro atoms. The van der Waals surface area contributed by atoms with Crippen LogP contribution in [0.15, 0.2) is 18.2 Å². The Bertz CT molecular complexity index is 1330. The van der Waals surface area contributed by atoms with Gasteiger partial charge in [-0.25, -0.2) is 0 Å². The second-order valence-corrected chi connectivity index (χ2v) is 11.0. The minimum Gasteiger partial charge on any atom is -0.389 e. The molecule has 1 saturated carbocycles. The van der Waals surface area contributed by atoms with Crippen LogP contribution in [0.3, 0.4) is 0 Å². The predicted molar refractivity (Wildman–Crippen MR) is 134 cm³/mol. The summed E-state index contributed by atoms with van der Waals surface area (Å²) >= 11 is 6.09. The van der Waals surface area contributed by atoms with Crippen LogP contribution in [0.1, 0.15) is 48.2 Å². The Labute approximate surface area is 226 Å². The molecule has 0 radical (unpaired) electrons. The first kappa shape index (κ1) is 27.4. The molecule has 2 aromatic rings. The van der Waals surface area contributed by atoms with Crippen LogP contribution in [0.2, 0.25) is 5.02 Å². The zero-order valence-electron chi connectivity index (χ0n) is 20.8. The molecule has 13 heteroatoms. The average molecular weight is 569 g/mol. The third-order valence-electron chi connectivity index (χ3n) is 8.21. The number of hydrogen-bond donors (Lipinski definition) is 4. The lowest BCUT2D eigenvalue weighted by atomic mass is 9.92. The number of carbonyl (C=O) groups is 4. The monoisotopic (exact) mass is 568 g/mol.